The van der Waals surface area contributed by atoms with Crippen molar-refractivity contribution in [3.05, 3.63) is 90.0 Å². The molecule has 0 aliphatic carbocycles. The number of ether oxygens (including phenoxy) is 2. The van der Waals surface area contributed by atoms with Gasteiger partial charge >= 0.3 is 0 Å². The number of rotatable bonds is 8. The van der Waals surface area contributed by atoms with Crippen molar-refractivity contribution in [1.82, 2.24) is 0 Å². The van der Waals surface area contributed by atoms with E-state index in [0.29, 0.717) is 17.2 Å². The van der Waals surface area contributed by atoms with Crippen LogP contribution in [0.4, 0.5) is 5.69 Å². The molecular weight excluding hydrogens is 342 g/mol. The smallest absolute Gasteiger partial charge is 0.125 e. The second-order valence-corrected chi connectivity index (χ2v) is 6.21. The van der Waals surface area contributed by atoms with Crippen molar-refractivity contribution < 1.29 is 19.7 Å². The lowest BCUT2D eigenvalue weighted by Crippen LogP contribution is -2.11. The minimum absolute atomic E-state index is 0.0968. The molecule has 0 bridgehead atoms. The summed E-state index contributed by atoms with van der Waals surface area (Å²) in [5.41, 5.74) is 7.95. The Morgan fingerprint density at radius 3 is 1.48 bits per heavy atom. The van der Waals surface area contributed by atoms with Crippen LogP contribution >= 0.6 is 0 Å². The van der Waals surface area contributed by atoms with Crippen molar-refractivity contribution >= 4 is 5.69 Å². The van der Waals surface area contributed by atoms with Gasteiger partial charge in [-0.15, -0.1) is 0 Å². The molecule has 3 aromatic carbocycles. The molecular formula is C22H23NO4. The fourth-order valence-corrected chi connectivity index (χ4v) is 2.65. The Morgan fingerprint density at radius 2 is 1.07 bits per heavy atom. The topological polar surface area (TPSA) is 84.9 Å². The maximum Gasteiger partial charge on any atom is 0.125 e. The molecule has 0 aliphatic heterocycles. The van der Waals surface area contributed by atoms with Crippen molar-refractivity contribution in [2.75, 3.05) is 18.9 Å². The van der Waals surface area contributed by atoms with Gasteiger partial charge in [-0.25, -0.2) is 0 Å². The molecule has 0 amide bonds. The SMILES string of the molecule is Nc1cc(OCC(O)c2ccccc2)cc(OCC(O)c2ccccc2)c1. The monoisotopic (exact) mass is 365 g/mol. The maximum atomic E-state index is 10.2. The Kier molecular flexibility index (Phi) is 6.30. The van der Waals surface area contributed by atoms with E-state index in [2.05, 4.69) is 0 Å². The molecule has 4 N–H and O–H groups in total. The van der Waals surface area contributed by atoms with Crippen LogP contribution in [0.2, 0.25) is 0 Å². The molecule has 0 saturated carbocycles. The molecule has 0 aliphatic rings. The number of aliphatic hydroxyl groups is 2. The predicted octanol–water partition coefficient (Wildman–Crippen LogP) is 3.49. The number of benzene rings is 3. The first-order chi connectivity index (χ1) is 13.1. The molecule has 0 fully saturated rings. The lowest BCUT2D eigenvalue weighted by molar-refractivity contribution is 0.104. The Bertz CT molecular complexity index is 772. The summed E-state index contributed by atoms with van der Waals surface area (Å²) in [6.45, 7) is 0.194. The van der Waals surface area contributed by atoms with E-state index in [-0.39, 0.29) is 13.2 Å². The van der Waals surface area contributed by atoms with Crippen LogP contribution < -0.4 is 15.2 Å². The first-order valence-electron chi connectivity index (χ1n) is 8.74. The zero-order valence-electron chi connectivity index (χ0n) is 14.9. The van der Waals surface area contributed by atoms with Gasteiger partial charge in [0.25, 0.3) is 0 Å². The molecule has 0 heterocycles. The molecule has 3 aromatic rings. The minimum atomic E-state index is -0.739. The molecule has 2 unspecified atom stereocenters. The normalized spacial score (nSPS) is 13.0. The summed E-state index contributed by atoms with van der Waals surface area (Å²) in [4.78, 5) is 0. The number of nitrogens with two attached hydrogens (primary N) is 1. The molecule has 0 aromatic heterocycles. The Labute approximate surface area is 158 Å². The maximum absolute atomic E-state index is 10.2. The summed E-state index contributed by atoms with van der Waals surface area (Å²) in [7, 11) is 0. The molecule has 0 radical (unpaired) electrons. The van der Waals surface area contributed by atoms with Gasteiger partial charge in [0.1, 0.15) is 36.9 Å². The number of nitrogen functional groups attached to an aromatic ring is 1. The standard InChI is InChI=1S/C22H23NO4/c23-18-11-19(26-14-21(24)16-7-3-1-4-8-16)13-20(12-18)27-15-22(25)17-9-5-2-6-10-17/h1-13,21-22,24-25H,14-15,23H2. The van der Waals surface area contributed by atoms with E-state index in [1.165, 1.54) is 0 Å². The van der Waals surface area contributed by atoms with E-state index in [9.17, 15) is 10.2 Å². The first kappa shape index (κ1) is 18.8. The molecule has 140 valence electrons. The second kappa shape index (κ2) is 9.07. The van der Waals surface area contributed by atoms with Crippen molar-refractivity contribution in [1.29, 1.82) is 0 Å². The van der Waals surface area contributed by atoms with Gasteiger partial charge < -0.3 is 25.4 Å². The summed E-state index contributed by atoms with van der Waals surface area (Å²) in [6, 6.07) is 23.6. The van der Waals surface area contributed by atoms with Gasteiger partial charge in [0.2, 0.25) is 0 Å². The van der Waals surface area contributed by atoms with Crippen LogP contribution in [-0.2, 0) is 0 Å². The third-order valence-electron chi connectivity index (χ3n) is 4.09. The van der Waals surface area contributed by atoms with Crippen LogP contribution in [0.25, 0.3) is 0 Å². The summed E-state index contributed by atoms with van der Waals surface area (Å²) < 4.78 is 11.3. The van der Waals surface area contributed by atoms with E-state index in [4.69, 9.17) is 15.2 Å². The van der Waals surface area contributed by atoms with Crippen LogP contribution in [-0.4, -0.2) is 23.4 Å². The number of anilines is 1. The van der Waals surface area contributed by atoms with Crippen molar-refractivity contribution in [3.63, 3.8) is 0 Å². The van der Waals surface area contributed by atoms with Gasteiger partial charge in [-0.05, 0) is 11.1 Å². The van der Waals surface area contributed by atoms with Gasteiger partial charge in [0.15, 0.2) is 0 Å². The zero-order chi connectivity index (χ0) is 19.1. The predicted molar refractivity (Wildman–Crippen MR) is 105 cm³/mol. The number of hydrogen-bond donors (Lipinski definition) is 3. The fraction of sp³-hybridized carbons (Fsp3) is 0.182. The molecule has 5 nitrogen and oxygen atoms in total. The highest BCUT2D eigenvalue weighted by molar-refractivity contribution is 5.50. The lowest BCUT2D eigenvalue weighted by Gasteiger charge is -2.16. The average molecular weight is 365 g/mol. The molecule has 5 heteroatoms. The minimum Gasteiger partial charge on any atom is -0.490 e. The second-order valence-electron chi connectivity index (χ2n) is 6.21. The summed E-state index contributed by atoms with van der Waals surface area (Å²) in [5, 5.41) is 20.4. The van der Waals surface area contributed by atoms with Gasteiger partial charge in [0, 0.05) is 23.9 Å². The van der Waals surface area contributed by atoms with Crippen LogP contribution in [0.15, 0.2) is 78.9 Å². The lowest BCUT2D eigenvalue weighted by atomic mass is 10.1. The Hall–Kier alpha value is -3.02. The summed E-state index contributed by atoms with van der Waals surface area (Å²) >= 11 is 0. The molecule has 0 spiro atoms. The van der Waals surface area contributed by atoms with Crippen LogP contribution in [0.5, 0.6) is 11.5 Å². The van der Waals surface area contributed by atoms with Crippen LogP contribution in [0.3, 0.4) is 0 Å². The fourth-order valence-electron chi connectivity index (χ4n) is 2.65. The summed E-state index contributed by atoms with van der Waals surface area (Å²) in [5.74, 6) is 0.989. The number of aliphatic hydroxyl groups excluding tert-OH is 2. The third-order valence-corrected chi connectivity index (χ3v) is 4.09. The van der Waals surface area contributed by atoms with E-state index < -0.39 is 12.2 Å². The number of hydrogen-bond acceptors (Lipinski definition) is 5. The molecule has 27 heavy (non-hydrogen) atoms. The molecule has 0 saturated heterocycles. The Morgan fingerprint density at radius 1 is 0.667 bits per heavy atom. The zero-order valence-corrected chi connectivity index (χ0v) is 14.9. The van der Waals surface area contributed by atoms with Gasteiger partial charge in [-0.2, -0.15) is 0 Å². The van der Waals surface area contributed by atoms with E-state index in [1.54, 1.807) is 18.2 Å². The van der Waals surface area contributed by atoms with Crippen LogP contribution in [0.1, 0.15) is 23.3 Å². The first-order valence-corrected chi connectivity index (χ1v) is 8.74. The van der Waals surface area contributed by atoms with Gasteiger partial charge in [-0.3, -0.25) is 0 Å². The summed E-state index contributed by atoms with van der Waals surface area (Å²) in [6.07, 6.45) is -1.48. The van der Waals surface area contributed by atoms with Gasteiger partial charge in [0.05, 0.1) is 0 Å². The Balaban J connectivity index is 1.59. The van der Waals surface area contributed by atoms with Crippen molar-refractivity contribution in [2.24, 2.45) is 0 Å². The van der Waals surface area contributed by atoms with Crippen LogP contribution in [0, 0.1) is 0 Å². The molecule has 2 atom stereocenters. The molecule has 3 rings (SSSR count). The van der Waals surface area contributed by atoms with E-state index in [1.807, 2.05) is 60.7 Å². The highest BCUT2D eigenvalue weighted by Gasteiger charge is 2.11. The van der Waals surface area contributed by atoms with E-state index in [0.717, 1.165) is 11.1 Å². The average Bonchev–Trinajstić information content (AvgIpc) is 2.71. The quantitative estimate of drug-likeness (QED) is 0.532. The van der Waals surface area contributed by atoms with Crippen molar-refractivity contribution in [3.8, 4) is 11.5 Å². The van der Waals surface area contributed by atoms with E-state index >= 15 is 0 Å². The largest absolute Gasteiger partial charge is 0.490 e. The van der Waals surface area contributed by atoms with Crippen molar-refractivity contribution in [2.45, 2.75) is 12.2 Å². The third kappa shape index (κ3) is 5.48. The highest BCUT2D eigenvalue weighted by atomic mass is 16.5. The highest BCUT2D eigenvalue weighted by Crippen LogP contribution is 2.26. The van der Waals surface area contributed by atoms with Gasteiger partial charge in [-0.1, -0.05) is 60.7 Å².